The van der Waals surface area contributed by atoms with Crippen molar-refractivity contribution >= 4 is 43.5 Å². The lowest BCUT2D eigenvalue weighted by Gasteiger charge is -2.13. The van der Waals surface area contributed by atoms with Gasteiger partial charge in [-0.15, -0.1) is 0 Å². The minimum atomic E-state index is 1.01. The molecule has 2 heteroatoms. The molecule has 0 radical (unpaired) electrons. The zero-order valence-corrected chi connectivity index (χ0v) is 21.3. The van der Waals surface area contributed by atoms with Crippen LogP contribution < -0.4 is 0 Å². The van der Waals surface area contributed by atoms with Crippen molar-refractivity contribution in [3.05, 3.63) is 146 Å². The summed E-state index contributed by atoms with van der Waals surface area (Å²) in [5.41, 5.74) is 9.14. The normalized spacial score (nSPS) is 11.6. The second-order valence-corrected chi connectivity index (χ2v) is 10.0. The van der Waals surface area contributed by atoms with Crippen molar-refractivity contribution in [2.24, 2.45) is 0 Å². The van der Waals surface area contributed by atoms with Crippen LogP contribution in [0.3, 0.4) is 0 Å². The van der Waals surface area contributed by atoms with E-state index in [1.807, 2.05) is 0 Å². The average Bonchev–Trinajstić information content (AvgIpc) is 3.35. The van der Waals surface area contributed by atoms with E-state index < -0.39 is 0 Å². The van der Waals surface area contributed by atoms with Gasteiger partial charge in [0.25, 0.3) is 0 Å². The molecule has 8 rings (SSSR count). The molecule has 2 heterocycles. The maximum absolute atomic E-state index is 5.19. The number of pyridine rings is 1. The monoisotopic (exact) mass is 496 g/mol. The minimum absolute atomic E-state index is 1.01. The van der Waals surface area contributed by atoms with Crippen molar-refractivity contribution < 1.29 is 0 Å². The summed E-state index contributed by atoms with van der Waals surface area (Å²) < 4.78 is 2.35. The highest BCUT2D eigenvalue weighted by molar-refractivity contribution is 6.12. The molecule has 8 aromatic rings. The Morgan fingerprint density at radius 2 is 0.949 bits per heavy atom. The van der Waals surface area contributed by atoms with E-state index in [1.54, 1.807) is 0 Å². The molecule has 0 aliphatic rings. The van der Waals surface area contributed by atoms with Crippen LogP contribution >= 0.6 is 0 Å². The van der Waals surface area contributed by atoms with Crippen LogP contribution in [-0.4, -0.2) is 9.55 Å². The van der Waals surface area contributed by atoms with Crippen LogP contribution in [0.25, 0.3) is 71.6 Å². The summed E-state index contributed by atoms with van der Waals surface area (Å²) in [4.78, 5) is 5.19. The molecule has 0 N–H and O–H groups in total. The van der Waals surface area contributed by atoms with Crippen LogP contribution in [0, 0.1) is 0 Å². The average molecular weight is 497 g/mol. The SMILES string of the molecule is c1ccc(-c2ccc3nc(-c4ccc(-n5c6ccccc6c6ccccc65)cc4)c4ccccc4c3c2)cc1. The van der Waals surface area contributed by atoms with Crippen LogP contribution in [0.1, 0.15) is 0 Å². The third-order valence-corrected chi connectivity index (χ3v) is 7.79. The summed E-state index contributed by atoms with van der Waals surface area (Å²) in [5, 5.41) is 6.11. The van der Waals surface area contributed by atoms with Crippen molar-refractivity contribution in [1.82, 2.24) is 9.55 Å². The molecule has 0 aliphatic carbocycles. The number of para-hydroxylation sites is 2. The molecule has 0 saturated heterocycles. The largest absolute Gasteiger partial charge is 0.309 e. The third-order valence-electron chi connectivity index (χ3n) is 7.79. The van der Waals surface area contributed by atoms with Gasteiger partial charge in [0.05, 0.1) is 22.2 Å². The molecule has 0 aliphatic heterocycles. The van der Waals surface area contributed by atoms with E-state index in [0.717, 1.165) is 22.5 Å². The van der Waals surface area contributed by atoms with Gasteiger partial charge in [0.15, 0.2) is 0 Å². The standard InChI is InChI=1S/C37H24N2/c1-2-10-25(11-3-1)27-20-23-34-33(24-27)29-12-4-5-15-32(29)37(38-34)26-18-21-28(22-19-26)39-35-16-8-6-13-30(35)31-14-7-9-17-36(31)39/h1-24H. The number of hydrogen-bond acceptors (Lipinski definition) is 1. The molecule has 0 saturated carbocycles. The Morgan fingerprint density at radius 3 is 1.64 bits per heavy atom. The third kappa shape index (κ3) is 3.46. The first-order valence-electron chi connectivity index (χ1n) is 13.3. The van der Waals surface area contributed by atoms with Gasteiger partial charge >= 0.3 is 0 Å². The highest BCUT2D eigenvalue weighted by Gasteiger charge is 2.14. The van der Waals surface area contributed by atoms with E-state index in [4.69, 9.17) is 4.98 Å². The molecular formula is C37H24N2. The maximum Gasteiger partial charge on any atom is 0.0788 e. The number of hydrogen-bond donors (Lipinski definition) is 0. The molecular weight excluding hydrogens is 472 g/mol. The van der Waals surface area contributed by atoms with Gasteiger partial charge in [-0.25, -0.2) is 4.98 Å². The zero-order valence-electron chi connectivity index (χ0n) is 21.3. The molecule has 0 atom stereocenters. The Balaban J connectivity index is 1.29. The highest BCUT2D eigenvalue weighted by atomic mass is 15.0. The number of aromatic nitrogens is 2. The van der Waals surface area contributed by atoms with Crippen LogP contribution in [0.2, 0.25) is 0 Å². The van der Waals surface area contributed by atoms with Crippen molar-refractivity contribution in [2.45, 2.75) is 0 Å². The van der Waals surface area contributed by atoms with E-state index >= 15 is 0 Å². The molecule has 39 heavy (non-hydrogen) atoms. The van der Waals surface area contributed by atoms with Crippen molar-refractivity contribution in [1.29, 1.82) is 0 Å². The van der Waals surface area contributed by atoms with Crippen molar-refractivity contribution in [2.75, 3.05) is 0 Å². The lowest BCUT2D eigenvalue weighted by Crippen LogP contribution is -1.94. The van der Waals surface area contributed by atoms with E-state index in [-0.39, 0.29) is 0 Å². The number of rotatable bonds is 3. The Bertz CT molecular complexity index is 2100. The molecule has 0 spiro atoms. The maximum atomic E-state index is 5.19. The second-order valence-electron chi connectivity index (χ2n) is 10.0. The number of fused-ring (bicyclic) bond motifs is 6. The number of nitrogens with zero attached hydrogens (tertiary/aromatic N) is 2. The molecule has 0 unspecified atom stereocenters. The van der Waals surface area contributed by atoms with E-state index in [9.17, 15) is 0 Å². The van der Waals surface area contributed by atoms with Crippen LogP contribution in [0.15, 0.2) is 146 Å². The summed E-state index contributed by atoms with van der Waals surface area (Å²) in [5.74, 6) is 0. The smallest absolute Gasteiger partial charge is 0.0788 e. The summed E-state index contributed by atoms with van der Waals surface area (Å²) in [6.07, 6.45) is 0. The molecule has 0 bridgehead atoms. The summed E-state index contributed by atoms with van der Waals surface area (Å²) in [6.45, 7) is 0. The van der Waals surface area contributed by atoms with Gasteiger partial charge in [0.2, 0.25) is 0 Å². The molecule has 0 amide bonds. The summed E-state index contributed by atoms with van der Waals surface area (Å²) in [6, 6.07) is 51.9. The molecule has 2 aromatic heterocycles. The fraction of sp³-hybridized carbons (Fsp3) is 0. The van der Waals surface area contributed by atoms with E-state index in [2.05, 4.69) is 150 Å². The van der Waals surface area contributed by atoms with Crippen molar-refractivity contribution in [3.63, 3.8) is 0 Å². The molecule has 182 valence electrons. The molecule has 6 aromatic carbocycles. The van der Waals surface area contributed by atoms with Crippen molar-refractivity contribution in [3.8, 4) is 28.1 Å². The first-order valence-corrected chi connectivity index (χ1v) is 13.3. The van der Waals surface area contributed by atoms with E-state index in [1.165, 1.54) is 49.1 Å². The quantitative estimate of drug-likeness (QED) is 0.223. The van der Waals surface area contributed by atoms with Gasteiger partial charge in [-0.1, -0.05) is 109 Å². The molecule has 0 fully saturated rings. The van der Waals surface area contributed by atoms with Crippen LogP contribution in [-0.2, 0) is 0 Å². The van der Waals surface area contributed by atoms with E-state index in [0.29, 0.717) is 0 Å². The first kappa shape index (κ1) is 21.8. The fourth-order valence-electron chi connectivity index (χ4n) is 5.95. The second kappa shape index (κ2) is 8.68. The summed E-state index contributed by atoms with van der Waals surface area (Å²) >= 11 is 0. The Kier molecular flexibility index (Phi) is 4.86. The van der Waals surface area contributed by atoms with Gasteiger partial charge in [-0.05, 0) is 52.9 Å². The lowest BCUT2D eigenvalue weighted by atomic mass is 9.97. The highest BCUT2D eigenvalue weighted by Crippen LogP contribution is 2.36. The number of benzene rings is 6. The van der Waals surface area contributed by atoms with Gasteiger partial charge in [0.1, 0.15) is 0 Å². The topological polar surface area (TPSA) is 17.8 Å². The van der Waals surface area contributed by atoms with Gasteiger partial charge in [-0.2, -0.15) is 0 Å². The Morgan fingerprint density at radius 1 is 0.385 bits per heavy atom. The fourth-order valence-corrected chi connectivity index (χ4v) is 5.95. The predicted molar refractivity (Wildman–Crippen MR) is 164 cm³/mol. The van der Waals surface area contributed by atoms with Crippen LogP contribution in [0.4, 0.5) is 0 Å². The van der Waals surface area contributed by atoms with Gasteiger partial charge in [0, 0.05) is 32.8 Å². The zero-order chi connectivity index (χ0) is 25.8. The Labute approximate surface area is 226 Å². The van der Waals surface area contributed by atoms with Crippen LogP contribution in [0.5, 0.6) is 0 Å². The predicted octanol–water partition coefficient (Wildman–Crippen LogP) is 9.82. The van der Waals surface area contributed by atoms with Gasteiger partial charge in [-0.3, -0.25) is 0 Å². The summed E-state index contributed by atoms with van der Waals surface area (Å²) in [7, 11) is 0. The molecule has 2 nitrogen and oxygen atoms in total. The lowest BCUT2D eigenvalue weighted by molar-refractivity contribution is 1.18. The minimum Gasteiger partial charge on any atom is -0.309 e. The van der Waals surface area contributed by atoms with Gasteiger partial charge < -0.3 is 4.57 Å². The Hall–Kier alpha value is -5.21. The first-order chi connectivity index (χ1) is 19.3.